The number of rotatable bonds is 6. The molecular weight excluding hydrogens is 334 g/mol. The predicted octanol–water partition coefficient (Wildman–Crippen LogP) is 5.23. The number of nitrogens with one attached hydrogen (secondary N) is 2. The van der Waals surface area contributed by atoms with E-state index in [0.717, 1.165) is 46.8 Å². The molecule has 27 heavy (non-hydrogen) atoms. The summed E-state index contributed by atoms with van der Waals surface area (Å²) in [6, 6.07) is 22.8. The van der Waals surface area contributed by atoms with Gasteiger partial charge in [0.05, 0.1) is 12.6 Å². The van der Waals surface area contributed by atoms with Crippen LogP contribution in [0, 0.1) is 6.92 Å². The molecule has 2 N–H and O–H groups in total. The average Bonchev–Trinajstić information content (AvgIpc) is 2.71. The third-order valence-electron chi connectivity index (χ3n) is 4.69. The van der Waals surface area contributed by atoms with Gasteiger partial charge in [-0.2, -0.15) is 0 Å². The van der Waals surface area contributed by atoms with Crippen LogP contribution < -0.4 is 15.4 Å². The first-order valence-electron chi connectivity index (χ1n) is 9.15. The summed E-state index contributed by atoms with van der Waals surface area (Å²) in [6.45, 7) is 3.68. The van der Waals surface area contributed by atoms with E-state index in [0.29, 0.717) is 0 Å². The van der Waals surface area contributed by atoms with Gasteiger partial charge >= 0.3 is 0 Å². The highest BCUT2D eigenvalue weighted by molar-refractivity contribution is 6.09. The normalized spacial score (nSPS) is 10.9. The van der Waals surface area contributed by atoms with Crippen molar-refractivity contribution in [2.75, 3.05) is 30.8 Å². The maximum absolute atomic E-state index is 5.19. The lowest BCUT2D eigenvalue weighted by Crippen LogP contribution is -2.14. The summed E-state index contributed by atoms with van der Waals surface area (Å²) in [6.07, 6.45) is 0. The van der Waals surface area contributed by atoms with Crippen molar-refractivity contribution in [3.8, 4) is 5.75 Å². The zero-order chi connectivity index (χ0) is 18.6. The highest BCUT2D eigenvalue weighted by atomic mass is 16.5. The number of aryl methyl sites for hydroxylation is 1. The fourth-order valence-corrected chi connectivity index (χ4v) is 3.35. The van der Waals surface area contributed by atoms with Gasteiger partial charge in [-0.1, -0.05) is 36.4 Å². The summed E-state index contributed by atoms with van der Waals surface area (Å²) in [7, 11) is 1.68. The van der Waals surface area contributed by atoms with Crippen molar-refractivity contribution < 1.29 is 4.74 Å². The Bertz CT molecular complexity index is 1070. The molecule has 4 nitrogen and oxygen atoms in total. The van der Waals surface area contributed by atoms with Gasteiger partial charge in [0.15, 0.2) is 0 Å². The van der Waals surface area contributed by atoms with Crippen LogP contribution in [0.4, 0.5) is 11.4 Å². The van der Waals surface area contributed by atoms with Crippen LogP contribution in [0.25, 0.3) is 21.7 Å². The van der Waals surface area contributed by atoms with Crippen molar-refractivity contribution >= 4 is 33.1 Å². The third-order valence-corrected chi connectivity index (χ3v) is 4.69. The second-order valence-corrected chi connectivity index (χ2v) is 6.58. The second-order valence-electron chi connectivity index (χ2n) is 6.58. The number of hydrogen-bond donors (Lipinski definition) is 2. The van der Waals surface area contributed by atoms with Gasteiger partial charge in [0, 0.05) is 40.9 Å². The lowest BCUT2D eigenvalue weighted by molar-refractivity contribution is 0.415. The van der Waals surface area contributed by atoms with Crippen LogP contribution in [-0.4, -0.2) is 25.2 Å². The van der Waals surface area contributed by atoms with Crippen molar-refractivity contribution in [1.29, 1.82) is 0 Å². The van der Waals surface area contributed by atoms with Gasteiger partial charge in [0.25, 0.3) is 0 Å². The summed E-state index contributed by atoms with van der Waals surface area (Å²) in [4.78, 5) is 4.79. The Morgan fingerprint density at radius 3 is 2.44 bits per heavy atom. The number of aromatic nitrogens is 1. The molecule has 0 atom stereocenters. The lowest BCUT2D eigenvalue weighted by atomic mass is 10.0. The molecule has 4 rings (SSSR count). The average molecular weight is 357 g/mol. The molecule has 0 aliphatic rings. The fourth-order valence-electron chi connectivity index (χ4n) is 3.35. The molecule has 136 valence electrons. The highest BCUT2D eigenvalue weighted by Crippen LogP contribution is 2.29. The van der Waals surface area contributed by atoms with Crippen LogP contribution >= 0.6 is 0 Å². The SMILES string of the molecule is COc1ccc(NCCNc2cc(C)nc3c2ccc2ccccc23)cc1. The Morgan fingerprint density at radius 1 is 0.852 bits per heavy atom. The Labute approximate surface area is 159 Å². The molecule has 1 heterocycles. The number of anilines is 2. The largest absolute Gasteiger partial charge is 0.497 e. The second kappa shape index (κ2) is 7.54. The monoisotopic (exact) mass is 357 g/mol. The summed E-state index contributed by atoms with van der Waals surface area (Å²) in [5, 5.41) is 10.6. The Kier molecular flexibility index (Phi) is 4.79. The molecule has 0 saturated heterocycles. The first-order valence-corrected chi connectivity index (χ1v) is 9.15. The van der Waals surface area contributed by atoms with Crippen molar-refractivity contribution in [1.82, 2.24) is 4.98 Å². The van der Waals surface area contributed by atoms with Gasteiger partial charge in [-0.15, -0.1) is 0 Å². The smallest absolute Gasteiger partial charge is 0.119 e. The minimum atomic E-state index is 0.817. The van der Waals surface area contributed by atoms with Crippen LogP contribution in [0.3, 0.4) is 0 Å². The number of fused-ring (bicyclic) bond motifs is 3. The van der Waals surface area contributed by atoms with E-state index in [9.17, 15) is 0 Å². The quantitative estimate of drug-likeness (QED) is 0.366. The first-order chi connectivity index (χ1) is 13.2. The molecule has 0 bridgehead atoms. The van der Waals surface area contributed by atoms with Gasteiger partial charge in [0.2, 0.25) is 0 Å². The van der Waals surface area contributed by atoms with Gasteiger partial charge in [-0.05, 0) is 42.6 Å². The number of nitrogens with zero attached hydrogens (tertiary/aromatic N) is 1. The van der Waals surface area contributed by atoms with E-state index in [1.165, 1.54) is 10.8 Å². The van der Waals surface area contributed by atoms with Crippen molar-refractivity contribution in [3.05, 3.63) is 72.4 Å². The van der Waals surface area contributed by atoms with Crippen LogP contribution in [0.15, 0.2) is 66.7 Å². The molecule has 1 aromatic heterocycles. The topological polar surface area (TPSA) is 46.2 Å². The molecule has 0 aliphatic carbocycles. The van der Waals surface area contributed by atoms with E-state index in [-0.39, 0.29) is 0 Å². The Hall–Kier alpha value is -3.27. The zero-order valence-corrected chi connectivity index (χ0v) is 15.6. The maximum Gasteiger partial charge on any atom is 0.119 e. The van der Waals surface area contributed by atoms with Crippen molar-refractivity contribution in [2.45, 2.75) is 6.92 Å². The van der Waals surface area contributed by atoms with Gasteiger partial charge in [0.1, 0.15) is 5.75 Å². The molecule has 4 heteroatoms. The Balaban J connectivity index is 1.50. The molecule has 0 aliphatic heterocycles. The Morgan fingerprint density at radius 2 is 1.63 bits per heavy atom. The molecule has 3 aromatic carbocycles. The van der Waals surface area contributed by atoms with Gasteiger partial charge in [-0.3, -0.25) is 4.98 Å². The molecule has 0 spiro atoms. The summed E-state index contributed by atoms with van der Waals surface area (Å²) < 4.78 is 5.19. The number of hydrogen-bond acceptors (Lipinski definition) is 4. The third kappa shape index (κ3) is 3.65. The van der Waals surface area contributed by atoms with Crippen LogP contribution in [-0.2, 0) is 0 Å². The molecule has 0 radical (unpaired) electrons. The molecular formula is C23H23N3O. The fraction of sp³-hybridized carbons (Fsp3) is 0.174. The summed E-state index contributed by atoms with van der Waals surface area (Å²) in [5.74, 6) is 0.865. The van der Waals surface area contributed by atoms with Crippen LogP contribution in [0.5, 0.6) is 5.75 Å². The molecule has 0 fully saturated rings. The number of ether oxygens (including phenoxy) is 1. The maximum atomic E-state index is 5.19. The van der Waals surface area contributed by atoms with E-state index in [1.54, 1.807) is 7.11 Å². The number of pyridine rings is 1. The van der Waals surface area contributed by atoms with E-state index in [4.69, 9.17) is 9.72 Å². The molecule has 0 unspecified atom stereocenters. The molecule has 0 saturated carbocycles. The molecule has 0 amide bonds. The predicted molar refractivity (Wildman–Crippen MR) is 114 cm³/mol. The summed E-state index contributed by atoms with van der Waals surface area (Å²) in [5.41, 5.74) is 4.28. The van der Waals surface area contributed by atoms with Crippen molar-refractivity contribution in [2.24, 2.45) is 0 Å². The van der Waals surface area contributed by atoms with Crippen LogP contribution in [0.2, 0.25) is 0 Å². The van der Waals surface area contributed by atoms with E-state index >= 15 is 0 Å². The van der Waals surface area contributed by atoms with Crippen molar-refractivity contribution in [3.63, 3.8) is 0 Å². The van der Waals surface area contributed by atoms with Gasteiger partial charge in [-0.25, -0.2) is 0 Å². The number of benzene rings is 3. The molecule has 4 aromatic rings. The van der Waals surface area contributed by atoms with E-state index in [1.807, 2.05) is 31.2 Å². The van der Waals surface area contributed by atoms with E-state index < -0.39 is 0 Å². The van der Waals surface area contributed by atoms with Crippen LogP contribution in [0.1, 0.15) is 5.69 Å². The number of methoxy groups -OCH3 is 1. The van der Waals surface area contributed by atoms with Gasteiger partial charge < -0.3 is 15.4 Å². The highest BCUT2D eigenvalue weighted by Gasteiger charge is 2.07. The minimum Gasteiger partial charge on any atom is -0.497 e. The van der Waals surface area contributed by atoms with E-state index in [2.05, 4.69) is 53.1 Å². The standard InChI is InChI=1S/C23H23N3O/c1-16-15-22(25-14-13-24-18-8-10-19(27-2)11-9-18)21-12-7-17-5-3-4-6-20(17)23(21)26-16/h3-12,15,24H,13-14H2,1-2H3,(H,25,26). The first kappa shape index (κ1) is 17.2. The zero-order valence-electron chi connectivity index (χ0n) is 15.6. The lowest BCUT2D eigenvalue weighted by Gasteiger charge is -2.13. The summed E-state index contributed by atoms with van der Waals surface area (Å²) >= 11 is 0. The minimum absolute atomic E-state index is 0.817.